The van der Waals surface area contributed by atoms with Crippen molar-refractivity contribution < 1.29 is 5.11 Å². The molecule has 2 atom stereocenters. The van der Waals surface area contributed by atoms with E-state index in [1.165, 1.54) is 17.5 Å². The Labute approximate surface area is 130 Å². The minimum atomic E-state index is 0.239. The van der Waals surface area contributed by atoms with E-state index >= 15 is 0 Å². The summed E-state index contributed by atoms with van der Waals surface area (Å²) in [6, 6.07) is 15.6. The Balaban J connectivity index is 1.71. The van der Waals surface area contributed by atoms with Crippen molar-refractivity contribution in [2.75, 3.05) is 31.1 Å². The van der Waals surface area contributed by atoms with Crippen LogP contribution in [0.1, 0.15) is 12.0 Å². The number of benzene rings is 2. The van der Waals surface area contributed by atoms with Crippen molar-refractivity contribution in [2.45, 2.75) is 18.5 Å². The van der Waals surface area contributed by atoms with E-state index < -0.39 is 0 Å². The van der Waals surface area contributed by atoms with Crippen LogP contribution in [0.2, 0.25) is 0 Å². The van der Waals surface area contributed by atoms with Crippen LogP contribution in [0.15, 0.2) is 36.4 Å². The maximum atomic E-state index is 9.30. The number of hydrogen-bond acceptors (Lipinski definition) is 4. The van der Waals surface area contributed by atoms with Crippen molar-refractivity contribution in [3.05, 3.63) is 42.0 Å². The molecule has 2 bridgehead atoms. The highest BCUT2D eigenvalue weighted by molar-refractivity contribution is 5.98. The smallest absolute Gasteiger partial charge is 0.0998 e. The molecule has 2 heterocycles. The summed E-state index contributed by atoms with van der Waals surface area (Å²) >= 11 is 0. The van der Waals surface area contributed by atoms with Gasteiger partial charge in [0.2, 0.25) is 0 Å². The van der Waals surface area contributed by atoms with Crippen LogP contribution in [-0.4, -0.2) is 48.3 Å². The summed E-state index contributed by atoms with van der Waals surface area (Å²) in [5.41, 5.74) is 1.98. The number of nitrogens with zero attached hydrogens (tertiary/aromatic N) is 3. The molecule has 22 heavy (non-hydrogen) atoms. The SMILES string of the molecule is N#Cc1ccc(N2CC3CC2CN3CCO)c2ccccc12. The fraction of sp³-hybridized carbons (Fsp3) is 0.389. The van der Waals surface area contributed by atoms with Gasteiger partial charge in [0.25, 0.3) is 0 Å². The molecule has 0 aliphatic carbocycles. The van der Waals surface area contributed by atoms with E-state index in [1.807, 2.05) is 24.3 Å². The highest BCUT2D eigenvalue weighted by atomic mass is 16.3. The number of β-amino-alcohol motifs (C(OH)–C–C–N with tert-alkyl or cyclic N) is 1. The largest absolute Gasteiger partial charge is 0.395 e. The molecule has 112 valence electrons. The average molecular weight is 293 g/mol. The van der Waals surface area contributed by atoms with Crippen LogP contribution in [0.4, 0.5) is 5.69 Å². The van der Waals surface area contributed by atoms with Gasteiger partial charge in [-0.25, -0.2) is 0 Å². The number of fused-ring (bicyclic) bond motifs is 3. The third kappa shape index (κ3) is 1.98. The molecule has 4 rings (SSSR count). The molecule has 2 saturated heterocycles. The molecule has 2 aliphatic heterocycles. The zero-order valence-electron chi connectivity index (χ0n) is 12.4. The predicted octanol–water partition coefficient (Wildman–Crippen LogP) is 1.97. The van der Waals surface area contributed by atoms with E-state index in [2.05, 4.69) is 28.0 Å². The minimum Gasteiger partial charge on any atom is -0.395 e. The monoisotopic (exact) mass is 293 g/mol. The Bertz CT molecular complexity index is 752. The summed E-state index contributed by atoms with van der Waals surface area (Å²) in [6.07, 6.45) is 1.17. The third-order valence-corrected chi connectivity index (χ3v) is 5.07. The lowest BCUT2D eigenvalue weighted by Gasteiger charge is -2.36. The molecule has 2 aliphatic rings. The Morgan fingerprint density at radius 1 is 1.09 bits per heavy atom. The molecule has 4 heteroatoms. The van der Waals surface area contributed by atoms with Gasteiger partial charge in [-0.15, -0.1) is 0 Å². The van der Waals surface area contributed by atoms with Gasteiger partial charge >= 0.3 is 0 Å². The van der Waals surface area contributed by atoms with Crippen LogP contribution in [0.25, 0.3) is 10.8 Å². The number of aliphatic hydroxyl groups excluding tert-OH is 1. The molecule has 2 aromatic rings. The van der Waals surface area contributed by atoms with E-state index in [4.69, 9.17) is 5.11 Å². The van der Waals surface area contributed by atoms with Gasteiger partial charge in [0.05, 0.1) is 18.2 Å². The van der Waals surface area contributed by atoms with Gasteiger partial charge in [-0.1, -0.05) is 24.3 Å². The van der Waals surface area contributed by atoms with Crippen molar-refractivity contribution in [1.29, 1.82) is 5.26 Å². The predicted molar refractivity (Wildman–Crippen MR) is 86.9 cm³/mol. The molecule has 2 unspecified atom stereocenters. The van der Waals surface area contributed by atoms with Crippen LogP contribution in [0.5, 0.6) is 0 Å². The van der Waals surface area contributed by atoms with E-state index in [9.17, 15) is 5.26 Å². The van der Waals surface area contributed by atoms with Gasteiger partial charge in [-0.2, -0.15) is 5.26 Å². The number of anilines is 1. The molecular weight excluding hydrogens is 274 g/mol. The van der Waals surface area contributed by atoms with E-state index in [1.54, 1.807) is 0 Å². The van der Waals surface area contributed by atoms with Crippen LogP contribution in [0.3, 0.4) is 0 Å². The van der Waals surface area contributed by atoms with Crippen LogP contribution < -0.4 is 4.90 Å². The van der Waals surface area contributed by atoms with Gasteiger partial charge in [-0.05, 0) is 18.6 Å². The van der Waals surface area contributed by atoms with Crippen molar-refractivity contribution >= 4 is 16.5 Å². The number of likely N-dealkylation sites (tertiary alicyclic amines) is 1. The number of hydrogen-bond donors (Lipinski definition) is 1. The Morgan fingerprint density at radius 2 is 1.91 bits per heavy atom. The summed E-state index contributed by atoms with van der Waals surface area (Å²) in [5, 5.41) is 20.7. The fourth-order valence-electron chi connectivity index (χ4n) is 4.08. The van der Waals surface area contributed by atoms with Crippen molar-refractivity contribution in [3.63, 3.8) is 0 Å². The van der Waals surface area contributed by atoms with E-state index in [0.29, 0.717) is 12.1 Å². The molecule has 0 spiro atoms. The molecule has 0 saturated carbocycles. The normalized spacial score (nSPS) is 24.1. The molecule has 1 N–H and O–H groups in total. The van der Waals surface area contributed by atoms with Crippen LogP contribution in [-0.2, 0) is 0 Å². The number of nitriles is 1. The second kappa shape index (κ2) is 5.28. The Hall–Kier alpha value is -2.09. The lowest BCUT2D eigenvalue weighted by Crippen LogP contribution is -2.47. The zero-order valence-corrected chi connectivity index (χ0v) is 12.4. The summed E-state index contributed by atoms with van der Waals surface area (Å²) in [4.78, 5) is 4.88. The Morgan fingerprint density at radius 3 is 2.59 bits per heavy atom. The highest BCUT2D eigenvalue weighted by Gasteiger charge is 2.43. The summed E-state index contributed by atoms with van der Waals surface area (Å²) in [6.45, 7) is 3.06. The molecule has 0 aromatic heterocycles. The second-order valence-corrected chi connectivity index (χ2v) is 6.20. The van der Waals surface area contributed by atoms with Crippen LogP contribution in [0, 0.1) is 11.3 Å². The lowest BCUT2D eigenvalue weighted by atomic mass is 10.0. The van der Waals surface area contributed by atoms with Crippen molar-refractivity contribution in [3.8, 4) is 6.07 Å². The zero-order chi connectivity index (χ0) is 15.1. The number of piperazine rings is 1. The molecule has 4 nitrogen and oxygen atoms in total. The Kier molecular flexibility index (Phi) is 3.25. The van der Waals surface area contributed by atoms with Gasteiger partial charge in [0.1, 0.15) is 0 Å². The summed E-state index contributed by atoms with van der Waals surface area (Å²) in [5.74, 6) is 0. The average Bonchev–Trinajstić information content (AvgIpc) is 3.14. The number of aliphatic hydroxyl groups is 1. The molecule has 2 fully saturated rings. The summed E-state index contributed by atoms with van der Waals surface area (Å²) in [7, 11) is 0. The second-order valence-electron chi connectivity index (χ2n) is 6.20. The maximum absolute atomic E-state index is 9.30. The standard InChI is InChI=1S/C18H19N3O/c19-10-13-5-6-18(17-4-2-1-3-16(13)17)21-12-14-9-15(21)11-20(14)7-8-22/h1-6,14-15,22H,7-9,11-12H2. The lowest BCUT2D eigenvalue weighted by molar-refractivity contribution is 0.177. The number of rotatable bonds is 3. The first-order chi connectivity index (χ1) is 10.8. The van der Waals surface area contributed by atoms with E-state index in [-0.39, 0.29) is 6.61 Å². The van der Waals surface area contributed by atoms with Gasteiger partial charge in [0, 0.05) is 48.2 Å². The fourth-order valence-corrected chi connectivity index (χ4v) is 4.08. The molecule has 0 amide bonds. The highest BCUT2D eigenvalue weighted by Crippen LogP contribution is 2.38. The van der Waals surface area contributed by atoms with Crippen LogP contribution >= 0.6 is 0 Å². The quantitative estimate of drug-likeness (QED) is 0.940. The molecular formula is C18H19N3O. The minimum absolute atomic E-state index is 0.239. The molecule has 0 radical (unpaired) electrons. The van der Waals surface area contributed by atoms with Gasteiger partial charge < -0.3 is 10.0 Å². The maximum Gasteiger partial charge on any atom is 0.0998 e. The molecule has 2 aromatic carbocycles. The van der Waals surface area contributed by atoms with Crippen molar-refractivity contribution in [1.82, 2.24) is 4.90 Å². The summed E-state index contributed by atoms with van der Waals surface area (Å²) < 4.78 is 0. The van der Waals surface area contributed by atoms with Crippen molar-refractivity contribution in [2.24, 2.45) is 0 Å². The first kappa shape index (κ1) is 13.6. The topological polar surface area (TPSA) is 50.5 Å². The first-order valence-electron chi connectivity index (χ1n) is 7.85. The van der Waals surface area contributed by atoms with E-state index in [0.717, 1.165) is 30.6 Å². The third-order valence-electron chi connectivity index (χ3n) is 5.07. The van der Waals surface area contributed by atoms with Gasteiger partial charge in [-0.3, -0.25) is 4.90 Å². The first-order valence-corrected chi connectivity index (χ1v) is 7.85. The van der Waals surface area contributed by atoms with Gasteiger partial charge in [0.15, 0.2) is 0 Å².